The molecule has 0 N–H and O–H groups in total. The van der Waals surface area contributed by atoms with Crippen LogP contribution in [0.1, 0.15) is 6.92 Å². The largest absolute Gasteiger partial charge is 0.483 e. The zero-order valence-corrected chi connectivity index (χ0v) is 20.1. The minimum absolute atomic E-state index is 0.0432. The van der Waals surface area contributed by atoms with Crippen molar-refractivity contribution >= 4 is 38.7 Å². The lowest BCUT2D eigenvalue weighted by Crippen LogP contribution is -2.23. The summed E-state index contributed by atoms with van der Waals surface area (Å²) in [7, 11) is -3.90. The van der Waals surface area contributed by atoms with Gasteiger partial charge >= 0.3 is 11.9 Å². The number of aromatic nitrogens is 4. The van der Waals surface area contributed by atoms with E-state index in [9.17, 15) is 26.4 Å². The van der Waals surface area contributed by atoms with Crippen molar-refractivity contribution in [2.24, 2.45) is 0 Å². The summed E-state index contributed by atoms with van der Waals surface area (Å²) in [6, 6.07) is 8.47. The fraction of sp³-hybridized carbons (Fsp3) is 0.190. The molecule has 3 aromatic heterocycles. The second kappa shape index (κ2) is 9.17. The van der Waals surface area contributed by atoms with Crippen LogP contribution in [0.4, 0.5) is 13.2 Å². The molecule has 4 aromatic rings. The Kier molecular flexibility index (Phi) is 6.56. The van der Waals surface area contributed by atoms with Gasteiger partial charge in [-0.1, -0.05) is 30.1 Å². The third kappa shape index (κ3) is 5.29. The van der Waals surface area contributed by atoms with Gasteiger partial charge < -0.3 is 4.74 Å². The Labute approximate surface area is 206 Å². The van der Waals surface area contributed by atoms with E-state index in [1.807, 2.05) is 0 Å². The first-order valence-electron chi connectivity index (χ1n) is 9.88. The molecule has 3 heterocycles. The van der Waals surface area contributed by atoms with Crippen LogP contribution < -0.4 is 10.4 Å². The number of sulfone groups is 1. The summed E-state index contributed by atoms with van der Waals surface area (Å²) in [6.45, 7) is -0.116. The number of alkyl halides is 3. The first-order valence-corrected chi connectivity index (χ1v) is 12.3. The van der Waals surface area contributed by atoms with Gasteiger partial charge in [0.2, 0.25) is 0 Å². The third-order valence-corrected chi connectivity index (χ3v) is 7.00. The van der Waals surface area contributed by atoms with Crippen molar-refractivity contribution in [3.63, 3.8) is 0 Å². The summed E-state index contributed by atoms with van der Waals surface area (Å²) in [5.74, 6) is -0.784. The normalized spacial score (nSPS) is 12.3. The second-order valence-electron chi connectivity index (χ2n) is 7.30. The molecule has 0 bridgehead atoms. The number of pyridine rings is 2. The van der Waals surface area contributed by atoms with E-state index in [1.165, 1.54) is 37.4 Å². The number of rotatable bonds is 6. The summed E-state index contributed by atoms with van der Waals surface area (Å²) in [5, 5.41) is 4.75. The molecule has 0 unspecified atom stereocenters. The Morgan fingerprint density at radius 3 is 2.37 bits per heavy atom. The van der Waals surface area contributed by atoms with Crippen LogP contribution in [0, 0.1) is 0 Å². The number of hydrogen-bond acceptors (Lipinski definition) is 6. The van der Waals surface area contributed by atoms with Crippen molar-refractivity contribution < 1.29 is 26.3 Å². The minimum Gasteiger partial charge on any atom is -0.483 e. The lowest BCUT2D eigenvalue weighted by molar-refractivity contribution is -0.153. The van der Waals surface area contributed by atoms with Crippen molar-refractivity contribution in [2.75, 3.05) is 12.4 Å². The molecule has 184 valence electrons. The molecular weight excluding hydrogens is 532 g/mol. The Bertz CT molecular complexity index is 1580. The summed E-state index contributed by atoms with van der Waals surface area (Å²) >= 11 is 12.1. The highest BCUT2D eigenvalue weighted by atomic mass is 35.5. The molecule has 0 aliphatic carbocycles. The molecule has 14 heteroatoms. The van der Waals surface area contributed by atoms with Gasteiger partial charge in [0.25, 0.3) is 0 Å². The first kappa shape index (κ1) is 25.0. The topological polar surface area (TPSA) is 95.6 Å². The summed E-state index contributed by atoms with van der Waals surface area (Å²) in [4.78, 5) is 16.9. The molecule has 35 heavy (non-hydrogen) atoms. The van der Waals surface area contributed by atoms with Crippen LogP contribution in [-0.4, -0.2) is 46.1 Å². The highest BCUT2D eigenvalue weighted by molar-refractivity contribution is 7.91. The highest BCUT2D eigenvalue weighted by Crippen LogP contribution is 2.30. The van der Waals surface area contributed by atoms with Gasteiger partial charge in [0, 0.05) is 21.8 Å². The quantitative estimate of drug-likeness (QED) is 0.351. The van der Waals surface area contributed by atoms with Crippen LogP contribution in [0.5, 0.6) is 5.75 Å². The molecule has 0 spiro atoms. The van der Waals surface area contributed by atoms with Gasteiger partial charge in [-0.25, -0.2) is 22.6 Å². The van der Waals surface area contributed by atoms with E-state index >= 15 is 0 Å². The smallest absolute Gasteiger partial charge is 0.422 e. The minimum atomic E-state index is -4.56. The van der Waals surface area contributed by atoms with Crippen molar-refractivity contribution in [1.82, 2.24) is 19.2 Å². The number of fused-ring (bicyclic) bond motifs is 1. The predicted molar refractivity (Wildman–Crippen MR) is 123 cm³/mol. The lowest BCUT2D eigenvalue weighted by atomic mass is 10.1. The van der Waals surface area contributed by atoms with Gasteiger partial charge in [0.05, 0.1) is 11.9 Å². The van der Waals surface area contributed by atoms with E-state index in [2.05, 4.69) is 14.8 Å². The third-order valence-electron chi connectivity index (χ3n) is 4.84. The molecule has 0 amide bonds. The number of benzene rings is 1. The standard InChI is InChI=1S/C21H15Cl2F3N4O4S/c1-2-35(32,33)17-7-13(12-5-14(22)8-15(23)6-12)9-27-19(17)30-20(31)29-10-16(3-4-18(29)28-30)34-11-21(24,25)26/h3-10H,2,11H2,1H3. The predicted octanol–water partition coefficient (Wildman–Crippen LogP) is 4.59. The molecule has 0 atom stereocenters. The zero-order chi connectivity index (χ0) is 25.5. The Balaban J connectivity index is 1.86. The van der Waals surface area contributed by atoms with E-state index in [0.29, 0.717) is 21.2 Å². The van der Waals surface area contributed by atoms with Crippen molar-refractivity contribution in [2.45, 2.75) is 18.0 Å². The monoisotopic (exact) mass is 546 g/mol. The van der Waals surface area contributed by atoms with E-state index in [-0.39, 0.29) is 27.9 Å². The van der Waals surface area contributed by atoms with Crippen molar-refractivity contribution in [1.29, 1.82) is 0 Å². The summed E-state index contributed by atoms with van der Waals surface area (Å²) < 4.78 is 69.6. The zero-order valence-electron chi connectivity index (χ0n) is 17.8. The number of halogens is 5. The molecule has 0 saturated heterocycles. The van der Waals surface area contributed by atoms with Gasteiger partial charge in [-0.2, -0.15) is 17.9 Å². The molecule has 0 fully saturated rings. The van der Waals surface area contributed by atoms with Crippen LogP contribution in [0.2, 0.25) is 10.0 Å². The number of hydrogen-bond donors (Lipinski definition) is 0. The second-order valence-corrected chi connectivity index (χ2v) is 10.4. The molecule has 0 radical (unpaired) electrons. The van der Waals surface area contributed by atoms with E-state index in [0.717, 1.165) is 15.3 Å². The fourth-order valence-electron chi connectivity index (χ4n) is 3.20. The Hall–Kier alpha value is -3.09. The maximum atomic E-state index is 13.0. The average Bonchev–Trinajstić information content (AvgIpc) is 3.12. The molecule has 0 aliphatic rings. The van der Waals surface area contributed by atoms with Crippen molar-refractivity contribution in [3.05, 3.63) is 69.3 Å². The van der Waals surface area contributed by atoms with Crippen LogP contribution >= 0.6 is 23.2 Å². The van der Waals surface area contributed by atoms with Crippen LogP contribution in [-0.2, 0) is 9.84 Å². The number of ether oxygens (including phenoxy) is 1. The van der Waals surface area contributed by atoms with Gasteiger partial charge in [-0.15, -0.1) is 5.10 Å². The van der Waals surface area contributed by atoms with Crippen molar-refractivity contribution in [3.8, 4) is 22.7 Å². The van der Waals surface area contributed by atoms with Gasteiger partial charge in [0.15, 0.2) is 27.9 Å². The SMILES string of the molecule is CCS(=O)(=O)c1cc(-c2cc(Cl)cc(Cl)c2)cnc1-n1nc2ccc(OCC(F)(F)F)cn2c1=O. The molecular formula is C21H15Cl2F3N4O4S. The van der Waals surface area contributed by atoms with Crippen LogP contribution in [0.15, 0.2) is 58.5 Å². The maximum Gasteiger partial charge on any atom is 0.422 e. The summed E-state index contributed by atoms with van der Waals surface area (Å²) in [6.07, 6.45) is -2.20. The number of nitrogens with zero attached hydrogens (tertiary/aromatic N) is 4. The molecule has 1 aromatic carbocycles. The van der Waals surface area contributed by atoms with Gasteiger partial charge in [-0.3, -0.25) is 0 Å². The van der Waals surface area contributed by atoms with Gasteiger partial charge in [0.1, 0.15) is 10.6 Å². The Morgan fingerprint density at radius 2 is 1.74 bits per heavy atom. The molecule has 0 aliphatic heterocycles. The summed E-state index contributed by atoms with van der Waals surface area (Å²) in [5.41, 5.74) is 0.0745. The van der Waals surface area contributed by atoms with Gasteiger partial charge in [-0.05, 0) is 42.0 Å². The lowest BCUT2D eigenvalue weighted by Gasteiger charge is -2.11. The molecule has 8 nitrogen and oxygen atoms in total. The molecule has 0 saturated carbocycles. The van der Waals surface area contributed by atoms with E-state index in [1.54, 1.807) is 12.1 Å². The van der Waals surface area contributed by atoms with Crippen LogP contribution in [0.3, 0.4) is 0 Å². The molecule has 4 rings (SSSR count). The van der Waals surface area contributed by atoms with E-state index in [4.69, 9.17) is 23.2 Å². The maximum absolute atomic E-state index is 13.0. The first-order chi connectivity index (χ1) is 16.4. The fourth-order valence-corrected chi connectivity index (χ4v) is 4.76. The van der Waals surface area contributed by atoms with E-state index < -0.39 is 28.3 Å². The average molecular weight is 547 g/mol. The Morgan fingerprint density at radius 1 is 1.06 bits per heavy atom. The highest BCUT2D eigenvalue weighted by Gasteiger charge is 2.29. The van der Waals surface area contributed by atoms with Crippen LogP contribution in [0.25, 0.3) is 22.6 Å².